The van der Waals surface area contributed by atoms with E-state index >= 15 is 0 Å². The third-order valence-corrected chi connectivity index (χ3v) is 4.83. The summed E-state index contributed by atoms with van der Waals surface area (Å²) < 4.78 is 10.3. The van der Waals surface area contributed by atoms with E-state index in [1.807, 2.05) is 30.3 Å². The topological polar surface area (TPSA) is 60.4 Å². The van der Waals surface area contributed by atoms with Crippen LogP contribution >= 0.6 is 27.5 Å². The first kappa shape index (κ1) is 15.8. The van der Waals surface area contributed by atoms with Crippen LogP contribution in [-0.4, -0.2) is 25.2 Å². The van der Waals surface area contributed by atoms with Gasteiger partial charge < -0.3 is 9.66 Å². The fraction of sp³-hybridized carbons (Fsp3) is 0.417. The molecule has 0 aliphatic heterocycles. The quantitative estimate of drug-likeness (QED) is 0.605. The van der Waals surface area contributed by atoms with E-state index in [4.69, 9.17) is 16.7 Å². The Kier molecular flexibility index (Phi) is 6.49. The fourth-order valence-corrected chi connectivity index (χ4v) is 2.98. The highest BCUT2D eigenvalue weighted by Gasteiger charge is 2.32. The van der Waals surface area contributed by atoms with Crippen LogP contribution in [0.4, 0.5) is 0 Å². The molecule has 3 nitrogen and oxygen atoms in total. The van der Waals surface area contributed by atoms with Gasteiger partial charge in [-0.3, -0.25) is 0 Å². The first-order valence-corrected chi connectivity index (χ1v) is 8.08. The molecule has 6 heteroatoms. The summed E-state index contributed by atoms with van der Waals surface area (Å²) in [7, 11) is 0. The predicted molar refractivity (Wildman–Crippen MR) is 77.5 cm³/mol. The van der Waals surface area contributed by atoms with Crippen LogP contribution in [0.3, 0.4) is 0 Å². The minimum absolute atomic E-state index is 0.240. The van der Waals surface area contributed by atoms with E-state index in [1.165, 1.54) is 0 Å². The van der Waals surface area contributed by atoms with Crippen LogP contribution in [0, 0.1) is 0 Å². The lowest BCUT2D eigenvalue weighted by Gasteiger charge is -2.15. The summed E-state index contributed by atoms with van der Waals surface area (Å²) in [6.45, 7) is 0. The summed E-state index contributed by atoms with van der Waals surface area (Å²) in [4.78, 5) is 10.7. The first-order chi connectivity index (χ1) is 8.42. The van der Waals surface area contributed by atoms with Gasteiger partial charge in [-0.1, -0.05) is 57.9 Å². The van der Waals surface area contributed by atoms with Crippen molar-refractivity contribution < 1.29 is 14.5 Å². The standard InChI is InChI=1S/C12H14BrClO3S/c13-12(14,11(15)16)7-4-8-18(17)9-10-5-2-1-3-6-10/h1-3,5-6H,4,7-9H2,(H,15,16). The molecule has 1 aromatic rings. The zero-order valence-electron chi connectivity index (χ0n) is 9.64. The van der Waals surface area contributed by atoms with Gasteiger partial charge in [0.2, 0.25) is 0 Å². The van der Waals surface area contributed by atoms with Crippen molar-refractivity contribution in [1.82, 2.24) is 0 Å². The zero-order valence-corrected chi connectivity index (χ0v) is 12.8. The highest BCUT2D eigenvalue weighted by molar-refractivity contribution is 9.10. The number of aliphatic carboxylic acids is 1. The van der Waals surface area contributed by atoms with E-state index in [0.717, 1.165) is 5.56 Å². The Morgan fingerprint density at radius 2 is 2.06 bits per heavy atom. The normalized spacial score (nSPS) is 15.9. The van der Waals surface area contributed by atoms with Crippen LogP contribution in [0.25, 0.3) is 0 Å². The molecule has 1 rings (SSSR count). The van der Waals surface area contributed by atoms with Gasteiger partial charge in [-0.05, 0) is 24.0 Å². The average molecular weight is 354 g/mol. The van der Waals surface area contributed by atoms with Crippen molar-refractivity contribution in [1.29, 1.82) is 0 Å². The molecule has 2 unspecified atom stereocenters. The molecule has 0 spiro atoms. The maximum absolute atomic E-state index is 11.8. The zero-order chi connectivity index (χ0) is 13.6. The van der Waals surface area contributed by atoms with E-state index in [1.54, 1.807) is 0 Å². The molecule has 1 aromatic carbocycles. The number of benzene rings is 1. The lowest BCUT2D eigenvalue weighted by atomic mass is 10.2. The molecule has 0 saturated carbocycles. The second-order valence-corrected chi connectivity index (χ2v) is 7.92. The Labute approximate surface area is 123 Å². The molecule has 1 N–H and O–H groups in total. The number of hydrogen-bond acceptors (Lipinski definition) is 2. The Balaban J connectivity index is 2.30. The molecule has 0 aliphatic carbocycles. The number of alkyl halides is 2. The van der Waals surface area contributed by atoms with Crippen molar-refractivity contribution >= 4 is 44.7 Å². The number of carboxylic acids is 1. The number of rotatable bonds is 7. The average Bonchev–Trinajstić information content (AvgIpc) is 2.29. The fourth-order valence-electron chi connectivity index (χ4n) is 1.39. The molecule has 18 heavy (non-hydrogen) atoms. The highest BCUT2D eigenvalue weighted by Crippen LogP contribution is 2.29. The molecule has 0 amide bonds. The molecule has 100 valence electrons. The van der Waals surface area contributed by atoms with Crippen molar-refractivity contribution in [3.05, 3.63) is 35.9 Å². The van der Waals surface area contributed by atoms with Gasteiger partial charge in [0.25, 0.3) is 0 Å². The van der Waals surface area contributed by atoms with Crippen molar-refractivity contribution in [2.75, 3.05) is 5.75 Å². The minimum Gasteiger partial charge on any atom is -0.616 e. The van der Waals surface area contributed by atoms with Crippen molar-refractivity contribution in [2.45, 2.75) is 22.4 Å². The molecule has 0 fully saturated rings. The van der Waals surface area contributed by atoms with Gasteiger partial charge in [0, 0.05) is 5.56 Å². The summed E-state index contributed by atoms with van der Waals surface area (Å²) in [6.07, 6.45) is 0.741. The molecular weight excluding hydrogens is 340 g/mol. The van der Waals surface area contributed by atoms with Crippen LogP contribution < -0.4 is 0 Å². The largest absolute Gasteiger partial charge is 0.616 e. The van der Waals surface area contributed by atoms with Crippen LogP contribution in [-0.2, 0) is 21.7 Å². The van der Waals surface area contributed by atoms with Gasteiger partial charge in [0.15, 0.2) is 3.78 Å². The van der Waals surface area contributed by atoms with E-state index in [9.17, 15) is 9.35 Å². The van der Waals surface area contributed by atoms with Gasteiger partial charge in [-0.2, -0.15) is 0 Å². The maximum atomic E-state index is 11.8. The SMILES string of the molecule is O=C(O)C(Cl)(Br)CCC[S+]([O-])Cc1ccccc1. The van der Waals surface area contributed by atoms with Gasteiger partial charge in [0.1, 0.15) is 11.5 Å². The molecular formula is C12H14BrClO3S. The van der Waals surface area contributed by atoms with Crippen LogP contribution in [0.15, 0.2) is 30.3 Å². The first-order valence-electron chi connectivity index (χ1n) is 5.42. The van der Waals surface area contributed by atoms with Crippen LogP contribution in [0.1, 0.15) is 18.4 Å². The molecule has 2 atom stereocenters. The second-order valence-electron chi connectivity index (χ2n) is 3.89. The lowest BCUT2D eigenvalue weighted by Crippen LogP contribution is -2.25. The Hall–Kier alpha value is -0.230. The van der Waals surface area contributed by atoms with Gasteiger partial charge >= 0.3 is 5.97 Å². The summed E-state index contributed by atoms with van der Waals surface area (Å²) in [5.41, 5.74) is 1.02. The molecule has 0 heterocycles. The monoisotopic (exact) mass is 352 g/mol. The lowest BCUT2D eigenvalue weighted by molar-refractivity contribution is -0.137. The number of carboxylic acid groups (broad SMARTS) is 1. The maximum Gasteiger partial charge on any atom is 0.335 e. The van der Waals surface area contributed by atoms with Gasteiger partial charge in [-0.15, -0.1) is 0 Å². The van der Waals surface area contributed by atoms with Crippen molar-refractivity contribution in [2.24, 2.45) is 0 Å². The van der Waals surface area contributed by atoms with Gasteiger partial charge in [-0.25, -0.2) is 4.79 Å². The summed E-state index contributed by atoms with van der Waals surface area (Å²) in [5, 5.41) is 8.79. The number of carbonyl (C=O) groups is 1. The van der Waals surface area contributed by atoms with Crippen LogP contribution in [0.2, 0.25) is 0 Å². The number of hydrogen-bond donors (Lipinski definition) is 1. The summed E-state index contributed by atoms with van der Waals surface area (Å²) in [6, 6.07) is 9.56. The summed E-state index contributed by atoms with van der Waals surface area (Å²) in [5.74, 6) is -0.175. The van der Waals surface area contributed by atoms with Gasteiger partial charge in [0.05, 0.1) is 0 Å². The van der Waals surface area contributed by atoms with E-state index < -0.39 is 20.9 Å². The smallest absolute Gasteiger partial charge is 0.335 e. The molecule has 0 saturated heterocycles. The Morgan fingerprint density at radius 1 is 1.44 bits per heavy atom. The third-order valence-electron chi connectivity index (χ3n) is 2.35. The Bertz CT molecular complexity index is 386. The van der Waals surface area contributed by atoms with Crippen LogP contribution in [0.5, 0.6) is 0 Å². The summed E-state index contributed by atoms with van der Waals surface area (Å²) >= 11 is 7.67. The third kappa shape index (κ3) is 5.61. The van der Waals surface area contributed by atoms with Crippen molar-refractivity contribution in [3.63, 3.8) is 0 Å². The minimum atomic E-state index is -1.44. The van der Waals surface area contributed by atoms with E-state index in [-0.39, 0.29) is 6.42 Å². The Morgan fingerprint density at radius 3 is 2.61 bits per heavy atom. The molecule has 0 aromatic heterocycles. The second kappa shape index (κ2) is 7.38. The van der Waals surface area contributed by atoms with E-state index in [2.05, 4.69) is 15.9 Å². The number of halogens is 2. The molecule has 0 aliphatic rings. The predicted octanol–water partition coefficient (Wildman–Crippen LogP) is 3.13. The van der Waals surface area contributed by atoms with E-state index in [0.29, 0.717) is 17.9 Å². The molecule has 0 bridgehead atoms. The van der Waals surface area contributed by atoms with Crippen molar-refractivity contribution in [3.8, 4) is 0 Å². The highest BCUT2D eigenvalue weighted by atomic mass is 79.9. The molecule has 0 radical (unpaired) electrons.